The number of hydrogen-bond acceptors (Lipinski definition) is 3. The van der Waals surface area contributed by atoms with Crippen molar-refractivity contribution in [2.45, 2.75) is 20.3 Å². The van der Waals surface area contributed by atoms with E-state index in [9.17, 15) is 4.79 Å². The van der Waals surface area contributed by atoms with Crippen molar-refractivity contribution < 1.29 is 0 Å². The maximum Gasteiger partial charge on any atom is 0.268 e. The predicted octanol–water partition coefficient (Wildman–Crippen LogP) is 3.30. The molecule has 0 saturated carbocycles. The van der Waals surface area contributed by atoms with Gasteiger partial charge in [0.25, 0.3) is 5.56 Å². The van der Waals surface area contributed by atoms with Gasteiger partial charge in [-0.15, -0.1) is 0 Å². The zero-order valence-electron chi connectivity index (χ0n) is 11.8. The third-order valence-electron chi connectivity index (χ3n) is 3.34. The van der Waals surface area contributed by atoms with Gasteiger partial charge in [0, 0.05) is 12.1 Å². The van der Waals surface area contributed by atoms with Crippen LogP contribution < -0.4 is 5.56 Å². The van der Waals surface area contributed by atoms with Gasteiger partial charge in [0.2, 0.25) is 0 Å². The van der Waals surface area contributed by atoms with Gasteiger partial charge in [-0.1, -0.05) is 30.7 Å². The summed E-state index contributed by atoms with van der Waals surface area (Å²) in [6.07, 6.45) is 0.632. The molecule has 0 atom stereocenters. The van der Waals surface area contributed by atoms with Crippen molar-refractivity contribution in [3.05, 3.63) is 63.3 Å². The summed E-state index contributed by atoms with van der Waals surface area (Å²) in [4.78, 5) is 21.8. The lowest BCUT2D eigenvalue weighted by Gasteiger charge is -2.12. The van der Waals surface area contributed by atoms with Crippen LogP contribution in [0.5, 0.6) is 0 Å². The Hall–Kier alpha value is -2.20. The molecular weight excluding hydrogens is 286 g/mol. The Labute approximate surface area is 127 Å². The SMILES string of the molecule is CCc1nc2cccc(Cl)c2c(=O)n1-c1cccc(C)n1. The number of aryl methyl sites for hydroxylation is 2. The Morgan fingerprint density at radius 1 is 1.14 bits per heavy atom. The zero-order valence-corrected chi connectivity index (χ0v) is 12.6. The minimum Gasteiger partial charge on any atom is -0.268 e. The normalized spacial score (nSPS) is 11.0. The Morgan fingerprint density at radius 3 is 2.62 bits per heavy atom. The second kappa shape index (κ2) is 5.30. The lowest BCUT2D eigenvalue weighted by Crippen LogP contribution is -2.24. The van der Waals surface area contributed by atoms with Gasteiger partial charge in [0.05, 0.1) is 15.9 Å². The minimum absolute atomic E-state index is 0.180. The van der Waals surface area contributed by atoms with E-state index in [2.05, 4.69) is 9.97 Å². The van der Waals surface area contributed by atoms with Crippen LogP contribution in [0, 0.1) is 6.92 Å². The maximum atomic E-state index is 12.8. The van der Waals surface area contributed by atoms with Crippen LogP contribution in [0.25, 0.3) is 16.7 Å². The molecule has 5 heteroatoms. The Bertz CT molecular complexity index is 886. The fourth-order valence-corrected chi connectivity index (χ4v) is 2.61. The maximum absolute atomic E-state index is 12.8. The van der Waals surface area contributed by atoms with Gasteiger partial charge in [-0.25, -0.2) is 14.5 Å². The molecule has 0 saturated heterocycles. The summed E-state index contributed by atoms with van der Waals surface area (Å²) in [6, 6.07) is 10.9. The molecule has 0 amide bonds. The fraction of sp³-hybridized carbons (Fsp3) is 0.188. The highest BCUT2D eigenvalue weighted by Gasteiger charge is 2.14. The van der Waals surface area contributed by atoms with E-state index in [0.717, 1.165) is 5.69 Å². The van der Waals surface area contributed by atoms with Gasteiger partial charge < -0.3 is 0 Å². The van der Waals surface area contributed by atoms with Crippen molar-refractivity contribution in [3.8, 4) is 5.82 Å². The highest BCUT2D eigenvalue weighted by molar-refractivity contribution is 6.35. The molecule has 1 aromatic carbocycles. The Balaban J connectivity index is 2.44. The molecule has 21 heavy (non-hydrogen) atoms. The van der Waals surface area contributed by atoms with Gasteiger partial charge in [-0.2, -0.15) is 0 Å². The molecule has 0 radical (unpaired) electrons. The van der Waals surface area contributed by atoms with Gasteiger partial charge >= 0.3 is 0 Å². The van der Waals surface area contributed by atoms with Crippen molar-refractivity contribution in [3.63, 3.8) is 0 Å². The van der Waals surface area contributed by atoms with E-state index in [1.54, 1.807) is 28.8 Å². The molecule has 0 N–H and O–H groups in total. The van der Waals surface area contributed by atoms with Crippen LogP contribution in [-0.4, -0.2) is 14.5 Å². The molecule has 106 valence electrons. The summed E-state index contributed by atoms with van der Waals surface area (Å²) in [6.45, 7) is 3.85. The predicted molar refractivity (Wildman–Crippen MR) is 84.3 cm³/mol. The average Bonchev–Trinajstić information content (AvgIpc) is 2.46. The fourth-order valence-electron chi connectivity index (χ4n) is 2.36. The van der Waals surface area contributed by atoms with Crippen molar-refractivity contribution in [2.75, 3.05) is 0 Å². The van der Waals surface area contributed by atoms with Crippen molar-refractivity contribution >= 4 is 22.5 Å². The summed E-state index contributed by atoms with van der Waals surface area (Å²) in [5.74, 6) is 1.25. The monoisotopic (exact) mass is 299 g/mol. The second-order valence-electron chi connectivity index (χ2n) is 4.79. The lowest BCUT2D eigenvalue weighted by atomic mass is 10.2. The van der Waals surface area contributed by atoms with Crippen LogP contribution in [-0.2, 0) is 6.42 Å². The largest absolute Gasteiger partial charge is 0.268 e. The Morgan fingerprint density at radius 2 is 1.90 bits per heavy atom. The van der Waals surface area contributed by atoms with E-state index >= 15 is 0 Å². The highest BCUT2D eigenvalue weighted by atomic mass is 35.5. The molecule has 3 aromatic rings. The molecule has 0 unspecified atom stereocenters. The van der Waals surface area contributed by atoms with E-state index in [4.69, 9.17) is 11.6 Å². The van der Waals surface area contributed by atoms with Crippen molar-refractivity contribution in [1.29, 1.82) is 0 Å². The minimum atomic E-state index is -0.180. The van der Waals surface area contributed by atoms with Gasteiger partial charge in [0.1, 0.15) is 11.6 Å². The van der Waals surface area contributed by atoms with Crippen LogP contribution in [0.1, 0.15) is 18.4 Å². The number of halogens is 1. The first-order chi connectivity index (χ1) is 10.1. The molecule has 2 heterocycles. The quantitative estimate of drug-likeness (QED) is 0.729. The molecule has 0 aliphatic carbocycles. The lowest BCUT2D eigenvalue weighted by molar-refractivity contribution is 0.809. The zero-order chi connectivity index (χ0) is 15.0. The van der Waals surface area contributed by atoms with E-state index in [1.807, 2.05) is 26.0 Å². The van der Waals surface area contributed by atoms with Crippen LogP contribution in [0.4, 0.5) is 0 Å². The van der Waals surface area contributed by atoms with Crippen LogP contribution in [0.2, 0.25) is 5.02 Å². The molecular formula is C16H14ClN3O. The smallest absolute Gasteiger partial charge is 0.268 e. The van der Waals surface area contributed by atoms with Crippen LogP contribution in [0.3, 0.4) is 0 Å². The molecule has 0 bridgehead atoms. The molecule has 0 aliphatic heterocycles. The van der Waals surface area contributed by atoms with Crippen LogP contribution >= 0.6 is 11.6 Å². The summed E-state index contributed by atoms with van der Waals surface area (Å²) in [5.41, 5.74) is 1.29. The molecule has 0 fully saturated rings. The third-order valence-corrected chi connectivity index (χ3v) is 3.65. The van der Waals surface area contributed by atoms with Gasteiger partial charge in [0.15, 0.2) is 0 Å². The average molecular weight is 300 g/mol. The molecule has 3 rings (SSSR count). The summed E-state index contributed by atoms with van der Waals surface area (Å²) in [7, 11) is 0. The third kappa shape index (κ3) is 2.32. The topological polar surface area (TPSA) is 47.8 Å². The first kappa shape index (κ1) is 13.8. The second-order valence-corrected chi connectivity index (χ2v) is 5.20. The molecule has 0 aliphatic rings. The van der Waals surface area contributed by atoms with Crippen LogP contribution in [0.15, 0.2) is 41.2 Å². The number of fused-ring (bicyclic) bond motifs is 1. The summed E-state index contributed by atoms with van der Waals surface area (Å²) in [5, 5.41) is 0.841. The van der Waals surface area contributed by atoms with E-state index < -0.39 is 0 Å². The summed E-state index contributed by atoms with van der Waals surface area (Å²) >= 11 is 6.17. The van der Waals surface area contributed by atoms with E-state index in [-0.39, 0.29) is 5.56 Å². The number of benzene rings is 1. The first-order valence-corrected chi connectivity index (χ1v) is 7.14. The molecule has 4 nitrogen and oxygen atoms in total. The number of nitrogens with zero attached hydrogens (tertiary/aromatic N) is 3. The van der Waals surface area contributed by atoms with Crippen molar-refractivity contribution in [1.82, 2.24) is 14.5 Å². The van der Waals surface area contributed by atoms with E-state index in [1.165, 1.54) is 0 Å². The first-order valence-electron chi connectivity index (χ1n) is 6.76. The number of pyridine rings is 1. The van der Waals surface area contributed by atoms with Crippen molar-refractivity contribution in [2.24, 2.45) is 0 Å². The molecule has 2 aromatic heterocycles. The number of rotatable bonds is 2. The standard InChI is InChI=1S/C16H14ClN3O/c1-3-13-19-12-8-5-7-11(17)15(12)16(21)20(13)14-9-4-6-10(2)18-14/h4-9H,3H2,1-2H3. The number of aromatic nitrogens is 3. The number of hydrogen-bond donors (Lipinski definition) is 0. The Kier molecular flexibility index (Phi) is 3.47. The van der Waals surface area contributed by atoms with Gasteiger partial charge in [-0.3, -0.25) is 4.79 Å². The van der Waals surface area contributed by atoms with E-state index in [0.29, 0.717) is 34.0 Å². The molecule has 0 spiro atoms. The summed E-state index contributed by atoms with van der Waals surface area (Å²) < 4.78 is 1.54. The van der Waals surface area contributed by atoms with Gasteiger partial charge in [-0.05, 0) is 31.2 Å². The highest BCUT2D eigenvalue weighted by Crippen LogP contribution is 2.20.